The van der Waals surface area contributed by atoms with Gasteiger partial charge in [0.05, 0.1) is 25.4 Å². The average molecular weight is 362 g/mol. The Balaban J connectivity index is 1.59. The van der Waals surface area contributed by atoms with Crippen molar-refractivity contribution in [3.05, 3.63) is 96.1 Å². The topological polar surface area (TPSA) is 34.3 Å². The molecule has 0 bridgehead atoms. The molecule has 4 unspecified atom stereocenters. The zero-order chi connectivity index (χ0) is 18.6. The molecule has 2 aromatic carbocycles. The van der Waals surface area contributed by atoms with E-state index in [9.17, 15) is 0 Å². The lowest BCUT2D eigenvalue weighted by Gasteiger charge is -2.28. The third-order valence-electron chi connectivity index (χ3n) is 5.00. The lowest BCUT2D eigenvalue weighted by Crippen LogP contribution is -2.16. The minimum absolute atomic E-state index is 0.197. The van der Waals surface area contributed by atoms with Crippen LogP contribution in [0.2, 0.25) is 0 Å². The van der Waals surface area contributed by atoms with Gasteiger partial charge in [-0.25, -0.2) is 0 Å². The van der Waals surface area contributed by atoms with Gasteiger partial charge in [0.25, 0.3) is 0 Å². The zero-order valence-corrected chi connectivity index (χ0v) is 15.6. The second kappa shape index (κ2) is 8.22. The molecular weight excluding hydrogens is 336 g/mol. The SMILES string of the molecule is C=C(CC1CO1)C(OC(C(=C)CC1CO1)c1ccccc1)c1ccccc1. The highest BCUT2D eigenvalue weighted by Gasteiger charge is 2.31. The molecule has 27 heavy (non-hydrogen) atoms. The summed E-state index contributed by atoms with van der Waals surface area (Å²) in [7, 11) is 0. The maximum Gasteiger partial charge on any atom is 0.105 e. The highest BCUT2D eigenvalue weighted by Crippen LogP contribution is 2.39. The number of benzene rings is 2. The summed E-state index contributed by atoms with van der Waals surface area (Å²) in [6.45, 7) is 10.3. The zero-order valence-electron chi connectivity index (χ0n) is 15.6. The number of rotatable bonds is 10. The van der Waals surface area contributed by atoms with E-state index in [0.29, 0.717) is 0 Å². The lowest BCUT2D eigenvalue weighted by atomic mass is 9.95. The van der Waals surface area contributed by atoms with Crippen LogP contribution in [0.1, 0.15) is 36.2 Å². The average Bonchev–Trinajstić information content (AvgIpc) is 3.61. The van der Waals surface area contributed by atoms with Crippen molar-refractivity contribution in [1.82, 2.24) is 0 Å². The summed E-state index contributed by atoms with van der Waals surface area (Å²) in [5.41, 5.74) is 4.30. The van der Waals surface area contributed by atoms with E-state index in [1.807, 2.05) is 36.4 Å². The Bertz CT molecular complexity index is 708. The smallest absolute Gasteiger partial charge is 0.105 e. The molecule has 3 heteroatoms. The van der Waals surface area contributed by atoms with Crippen molar-refractivity contribution in [2.45, 2.75) is 37.3 Å². The Kier molecular flexibility index (Phi) is 5.53. The van der Waals surface area contributed by atoms with Crippen LogP contribution in [0.5, 0.6) is 0 Å². The maximum atomic E-state index is 6.69. The first-order valence-corrected chi connectivity index (χ1v) is 9.54. The van der Waals surface area contributed by atoms with E-state index in [4.69, 9.17) is 14.2 Å². The Hall–Kier alpha value is -2.20. The second-order valence-electron chi connectivity index (χ2n) is 7.35. The van der Waals surface area contributed by atoms with Crippen molar-refractivity contribution < 1.29 is 14.2 Å². The molecule has 0 saturated carbocycles. The monoisotopic (exact) mass is 362 g/mol. The van der Waals surface area contributed by atoms with E-state index in [2.05, 4.69) is 37.4 Å². The Morgan fingerprint density at radius 2 is 1.15 bits per heavy atom. The Labute approximate surface area is 161 Å². The molecule has 4 rings (SSSR count). The van der Waals surface area contributed by atoms with E-state index in [1.165, 1.54) is 0 Å². The van der Waals surface area contributed by atoms with E-state index < -0.39 is 0 Å². The maximum absolute atomic E-state index is 6.69. The van der Waals surface area contributed by atoms with Gasteiger partial charge in [-0.3, -0.25) is 0 Å². The summed E-state index contributed by atoms with van der Waals surface area (Å²) in [5.74, 6) is 0. The lowest BCUT2D eigenvalue weighted by molar-refractivity contribution is 0.0220. The summed E-state index contributed by atoms with van der Waals surface area (Å²) in [6, 6.07) is 20.6. The molecule has 3 nitrogen and oxygen atoms in total. The van der Waals surface area contributed by atoms with Gasteiger partial charge < -0.3 is 14.2 Å². The van der Waals surface area contributed by atoms with E-state index >= 15 is 0 Å². The van der Waals surface area contributed by atoms with Crippen LogP contribution in [-0.4, -0.2) is 25.4 Å². The van der Waals surface area contributed by atoms with Gasteiger partial charge in [-0.2, -0.15) is 0 Å². The minimum atomic E-state index is -0.197. The van der Waals surface area contributed by atoms with Crippen molar-refractivity contribution in [3.63, 3.8) is 0 Å². The van der Waals surface area contributed by atoms with Gasteiger partial charge in [-0.15, -0.1) is 0 Å². The minimum Gasteiger partial charge on any atom is -0.373 e. The van der Waals surface area contributed by atoms with Gasteiger partial charge in [0.2, 0.25) is 0 Å². The first-order valence-electron chi connectivity index (χ1n) is 9.54. The second-order valence-corrected chi connectivity index (χ2v) is 7.35. The molecule has 0 aliphatic carbocycles. The molecule has 2 aliphatic rings. The summed E-state index contributed by atoms with van der Waals surface area (Å²) < 4.78 is 17.5. The molecule has 2 fully saturated rings. The van der Waals surface area contributed by atoms with Crippen molar-refractivity contribution in [1.29, 1.82) is 0 Å². The first kappa shape index (κ1) is 18.2. The summed E-state index contributed by atoms with van der Waals surface area (Å²) in [4.78, 5) is 0. The molecule has 2 saturated heterocycles. The molecule has 4 atom stereocenters. The molecule has 0 spiro atoms. The van der Waals surface area contributed by atoms with Crippen LogP contribution < -0.4 is 0 Å². The van der Waals surface area contributed by atoms with Crippen molar-refractivity contribution >= 4 is 0 Å². The third kappa shape index (κ3) is 4.95. The quantitative estimate of drug-likeness (QED) is 0.432. The Morgan fingerprint density at radius 3 is 1.48 bits per heavy atom. The normalized spacial score (nSPS) is 22.7. The summed E-state index contributed by atoms with van der Waals surface area (Å²) >= 11 is 0. The standard InChI is InChI=1S/C24H26O3/c1-17(13-21-15-25-21)23(19-9-5-3-6-10-19)27-24(18(2)14-22-16-26-22)20-11-7-4-8-12-20/h3-12,21-24H,1-2,13-16H2. The molecular formula is C24H26O3. The largest absolute Gasteiger partial charge is 0.373 e. The first-order chi connectivity index (χ1) is 13.2. The number of hydrogen-bond acceptors (Lipinski definition) is 3. The van der Waals surface area contributed by atoms with Gasteiger partial charge in [-0.1, -0.05) is 73.8 Å². The molecule has 0 amide bonds. The van der Waals surface area contributed by atoms with Crippen molar-refractivity contribution in [2.24, 2.45) is 0 Å². The molecule has 0 N–H and O–H groups in total. The van der Waals surface area contributed by atoms with Crippen molar-refractivity contribution in [2.75, 3.05) is 13.2 Å². The molecule has 0 aromatic heterocycles. The van der Waals surface area contributed by atoms with Crippen LogP contribution in [0, 0.1) is 0 Å². The fraction of sp³-hybridized carbons (Fsp3) is 0.333. The van der Waals surface area contributed by atoms with Crippen LogP contribution in [0.3, 0.4) is 0 Å². The molecule has 2 aliphatic heterocycles. The molecule has 0 radical (unpaired) electrons. The van der Waals surface area contributed by atoms with E-state index in [-0.39, 0.29) is 24.4 Å². The summed E-state index contributed by atoms with van der Waals surface area (Å²) in [6.07, 6.45) is 1.81. The fourth-order valence-corrected chi connectivity index (χ4v) is 3.38. The van der Waals surface area contributed by atoms with Gasteiger partial charge in [0.15, 0.2) is 0 Å². The molecule has 140 valence electrons. The predicted octanol–water partition coefficient (Wildman–Crippen LogP) is 5.18. The number of epoxide rings is 2. The van der Waals surface area contributed by atoms with Gasteiger partial charge >= 0.3 is 0 Å². The predicted molar refractivity (Wildman–Crippen MR) is 106 cm³/mol. The van der Waals surface area contributed by atoms with Gasteiger partial charge in [0, 0.05) is 0 Å². The number of ether oxygens (including phenoxy) is 3. The highest BCUT2D eigenvalue weighted by molar-refractivity contribution is 5.29. The van der Waals surface area contributed by atoms with Crippen LogP contribution in [-0.2, 0) is 14.2 Å². The van der Waals surface area contributed by atoms with Crippen LogP contribution in [0.4, 0.5) is 0 Å². The van der Waals surface area contributed by atoms with Crippen LogP contribution >= 0.6 is 0 Å². The fourth-order valence-electron chi connectivity index (χ4n) is 3.38. The van der Waals surface area contributed by atoms with Gasteiger partial charge in [0.1, 0.15) is 12.2 Å². The Morgan fingerprint density at radius 1 is 0.778 bits per heavy atom. The van der Waals surface area contributed by atoms with Crippen LogP contribution in [0.15, 0.2) is 85.0 Å². The van der Waals surface area contributed by atoms with Crippen LogP contribution in [0.25, 0.3) is 0 Å². The van der Waals surface area contributed by atoms with Crippen molar-refractivity contribution in [3.8, 4) is 0 Å². The number of hydrogen-bond donors (Lipinski definition) is 0. The van der Waals surface area contributed by atoms with Gasteiger partial charge in [-0.05, 0) is 35.1 Å². The highest BCUT2D eigenvalue weighted by atomic mass is 16.6. The summed E-state index contributed by atoms with van der Waals surface area (Å²) in [5, 5.41) is 0. The molecule has 2 aromatic rings. The van der Waals surface area contributed by atoms with E-state index in [0.717, 1.165) is 48.3 Å². The van der Waals surface area contributed by atoms with E-state index in [1.54, 1.807) is 0 Å². The third-order valence-corrected chi connectivity index (χ3v) is 5.00. The molecule has 2 heterocycles.